The van der Waals surface area contributed by atoms with Crippen molar-refractivity contribution in [2.24, 2.45) is 0 Å². The highest BCUT2D eigenvalue weighted by Gasteiger charge is 2.16. The molecule has 0 aliphatic carbocycles. The minimum Gasteiger partial charge on any atom is -0.375 e. The van der Waals surface area contributed by atoms with Gasteiger partial charge >= 0.3 is 0 Å². The summed E-state index contributed by atoms with van der Waals surface area (Å²) >= 11 is 12.3. The van der Waals surface area contributed by atoms with Gasteiger partial charge in [-0.25, -0.2) is 4.39 Å². The van der Waals surface area contributed by atoms with Crippen molar-refractivity contribution in [3.05, 3.63) is 52.3 Å². The third-order valence-corrected chi connectivity index (χ3v) is 3.30. The summed E-state index contributed by atoms with van der Waals surface area (Å²) < 4.78 is 13.9. The van der Waals surface area contributed by atoms with Crippen LogP contribution in [0.4, 0.5) is 10.1 Å². The second kappa shape index (κ2) is 5.17. The molecule has 2 aromatic rings. The van der Waals surface area contributed by atoms with E-state index in [1.807, 2.05) is 6.07 Å². The van der Waals surface area contributed by atoms with Crippen molar-refractivity contribution in [3.63, 3.8) is 0 Å². The van der Waals surface area contributed by atoms with Crippen LogP contribution in [-0.4, -0.2) is 14.1 Å². The van der Waals surface area contributed by atoms with Gasteiger partial charge in [-0.15, -0.1) is 0 Å². The molecule has 2 aromatic carbocycles. The Hall–Kier alpha value is -1.25. The largest absolute Gasteiger partial charge is 0.375 e. The number of nitrogens with zero attached hydrogens (tertiary/aromatic N) is 1. The predicted molar refractivity (Wildman–Crippen MR) is 76.2 cm³/mol. The molecule has 0 bridgehead atoms. The first-order valence-electron chi connectivity index (χ1n) is 5.42. The zero-order valence-corrected chi connectivity index (χ0v) is 11.6. The Kier molecular flexibility index (Phi) is 3.79. The number of rotatable bonds is 2. The van der Waals surface area contributed by atoms with Crippen LogP contribution in [0.2, 0.25) is 10.0 Å². The second-order valence-corrected chi connectivity index (χ2v) is 4.94. The number of halogens is 3. The van der Waals surface area contributed by atoms with E-state index in [-0.39, 0.29) is 5.82 Å². The molecule has 4 heteroatoms. The van der Waals surface area contributed by atoms with Crippen LogP contribution in [0.5, 0.6) is 0 Å². The molecule has 0 heterocycles. The summed E-state index contributed by atoms with van der Waals surface area (Å²) in [6.45, 7) is 0. The molecular weight excluding hydrogens is 272 g/mol. The zero-order valence-electron chi connectivity index (χ0n) is 10.0. The highest BCUT2D eigenvalue weighted by atomic mass is 35.5. The fourth-order valence-corrected chi connectivity index (χ4v) is 2.53. The number of para-hydroxylation sites is 1. The fourth-order valence-electron chi connectivity index (χ4n) is 1.93. The van der Waals surface area contributed by atoms with Crippen LogP contribution in [0, 0.1) is 5.82 Å². The van der Waals surface area contributed by atoms with Crippen molar-refractivity contribution in [2.75, 3.05) is 19.0 Å². The first-order chi connectivity index (χ1) is 8.52. The maximum Gasteiger partial charge on any atom is 0.147 e. The number of benzene rings is 2. The van der Waals surface area contributed by atoms with E-state index in [1.54, 1.807) is 43.3 Å². The Morgan fingerprint density at radius 2 is 1.50 bits per heavy atom. The lowest BCUT2D eigenvalue weighted by atomic mass is 10.0. The predicted octanol–water partition coefficient (Wildman–Crippen LogP) is 4.87. The monoisotopic (exact) mass is 283 g/mol. The van der Waals surface area contributed by atoms with Crippen molar-refractivity contribution in [1.29, 1.82) is 0 Å². The third-order valence-electron chi connectivity index (χ3n) is 2.67. The molecule has 0 aliphatic heterocycles. The average Bonchev–Trinajstić information content (AvgIpc) is 2.28. The Labute approximate surface area is 116 Å². The van der Waals surface area contributed by atoms with E-state index >= 15 is 0 Å². The standard InChI is InChI=1S/C14H12Cl2FN/c1-18(2)14-9(5-3-8-12(14)17)13-10(15)6-4-7-11(13)16/h3-8H,1-2H3. The van der Waals surface area contributed by atoms with Gasteiger partial charge in [0.1, 0.15) is 5.82 Å². The normalized spacial score (nSPS) is 10.5. The zero-order chi connectivity index (χ0) is 13.3. The van der Waals surface area contributed by atoms with Crippen molar-refractivity contribution < 1.29 is 4.39 Å². The number of hydrogen-bond acceptors (Lipinski definition) is 1. The summed E-state index contributed by atoms with van der Waals surface area (Å²) in [7, 11) is 3.57. The highest BCUT2D eigenvalue weighted by molar-refractivity contribution is 6.39. The molecule has 0 N–H and O–H groups in total. The molecule has 1 nitrogen and oxygen atoms in total. The SMILES string of the molecule is CN(C)c1c(F)cccc1-c1c(Cl)cccc1Cl. The Morgan fingerprint density at radius 3 is 2.06 bits per heavy atom. The van der Waals surface area contributed by atoms with Crippen molar-refractivity contribution in [2.45, 2.75) is 0 Å². The van der Waals surface area contributed by atoms with Crippen LogP contribution in [0.25, 0.3) is 11.1 Å². The lowest BCUT2D eigenvalue weighted by Gasteiger charge is -2.19. The maximum atomic E-state index is 13.9. The van der Waals surface area contributed by atoms with Crippen LogP contribution in [0.15, 0.2) is 36.4 Å². The van der Waals surface area contributed by atoms with E-state index in [4.69, 9.17) is 23.2 Å². The molecule has 0 amide bonds. The smallest absolute Gasteiger partial charge is 0.147 e. The van der Waals surface area contributed by atoms with Gasteiger partial charge in [0, 0.05) is 35.3 Å². The first kappa shape index (κ1) is 13.2. The van der Waals surface area contributed by atoms with Gasteiger partial charge in [0.2, 0.25) is 0 Å². The van der Waals surface area contributed by atoms with E-state index in [9.17, 15) is 4.39 Å². The van der Waals surface area contributed by atoms with E-state index in [1.165, 1.54) is 6.07 Å². The molecule has 0 fully saturated rings. The Morgan fingerprint density at radius 1 is 0.944 bits per heavy atom. The lowest BCUT2D eigenvalue weighted by molar-refractivity contribution is 0.626. The molecule has 0 saturated heterocycles. The molecule has 0 unspecified atom stereocenters. The Bertz CT molecular complexity index is 562. The van der Waals surface area contributed by atoms with E-state index in [0.717, 1.165) is 0 Å². The molecule has 0 radical (unpaired) electrons. The minimum atomic E-state index is -0.298. The molecule has 18 heavy (non-hydrogen) atoms. The molecule has 94 valence electrons. The van der Waals surface area contributed by atoms with Crippen molar-refractivity contribution in [3.8, 4) is 11.1 Å². The molecule has 0 aromatic heterocycles. The quantitative estimate of drug-likeness (QED) is 0.760. The number of hydrogen-bond donors (Lipinski definition) is 0. The van der Waals surface area contributed by atoms with Crippen LogP contribution in [0.3, 0.4) is 0 Å². The number of anilines is 1. The van der Waals surface area contributed by atoms with Crippen LogP contribution in [-0.2, 0) is 0 Å². The molecular formula is C14H12Cl2FN. The maximum absolute atomic E-state index is 13.9. The van der Waals surface area contributed by atoms with Crippen LogP contribution >= 0.6 is 23.2 Å². The topological polar surface area (TPSA) is 3.24 Å². The van der Waals surface area contributed by atoms with Gasteiger partial charge in [0.25, 0.3) is 0 Å². The van der Waals surface area contributed by atoms with Gasteiger partial charge in [-0.05, 0) is 18.2 Å². The van der Waals surface area contributed by atoms with Gasteiger partial charge in [0.05, 0.1) is 5.69 Å². The fraction of sp³-hybridized carbons (Fsp3) is 0.143. The summed E-state index contributed by atoms with van der Waals surface area (Å²) in [5.41, 5.74) is 1.83. The van der Waals surface area contributed by atoms with Gasteiger partial charge < -0.3 is 4.90 Å². The van der Waals surface area contributed by atoms with E-state index < -0.39 is 0 Å². The highest BCUT2D eigenvalue weighted by Crippen LogP contribution is 2.40. The van der Waals surface area contributed by atoms with Gasteiger partial charge in [-0.1, -0.05) is 41.4 Å². The summed E-state index contributed by atoms with van der Waals surface area (Å²) in [4.78, 5) is 1.71. The molecule has 2 rings (SSSR count). The van der Waals surface area contributed by atoms with Gasteiger partial charge in [0.15, 0.2) is 0 Å². The summed E-state index contributed by atoms with van der Waals surface area (Å²) in [6.07, 6.45) is 0. The van der Waals surface area contributed by atoms with E-state index in [2.05, 4.69) is 0 Å². The van der Waals surface area contributed by atoms with Gasteiger partial charge in [-0.3, -0.25) is 0 Å². The molecule has 0 spiro atoms. The average molecular weight is 284 g/mol. The van der Waals surface area contributed by atoms with Crippen molar-refractivity contribution >= 4 is 28.9 Å². The lowest BCUT2D eigenvalue weighted by Crippen LogP contribution is -2.12. The first-order valence-corrected chi connectivity index (χ1v) is 6.18. The molecule has 0 aliphatic rings. The van der Waals surface area contributed by atoms with Crippen LogP contribution < -0.4 is 4.90 Å². The van der Waals surface area contributed by atoms with E-state index in [0.29, 0.717) is 26.9 Å². The third kappa shape index (κ3) is 2.31. The van der Waals surface area contributed by atoms with Crippen molar-refractivity contribution in [1.82, 2.24) is 0 Å². The Balaban J connectivity index is 2.76. The summed E-state index contributed by atoms with van der Waals surface area (Å²) in [5.74, 6) is -0.298. The second-order valence-electron chi connectivity index (χ2n) is 4.13. The molecule has 0 saturated carbocycles. The summed E-state index contributed by atoms with van der Waals surface area (Å²) in [5, 5.41) is 1.02. The summed E-state index contributed by atoms with van der Waals surface area (Å²) in [6, 6.07) is 10.1. The minimum absolute atomic E-state index is 0.298. The molecule has 0 atom stereocenters. The van der Waals surface area contributed by atoms with Crippen LogP contribution in [0.1, 0.15) is 0 Å². The van der Waals surface area contributed by atoms with Gasteiger partial charge in [-0.2, -0.15) is 0 Å².